The van der Waals surface area contributed by atoms with Crippen molar-refractivity contribution in [2.24, 2.45) is 5.92 Å². The number of imidazole rings is 1. The van der Waals surface area contributed by atoms with Gasteiger partial charge >= 0.3 is 0 Å². The highest BCUT2D eigenvalue weighted by Crippen LogP contribution is 2.37. The standard InChI is InChI=1S/C24H24N4O2/c1-2-26-23(29)18-11-12-19(13-18)28-15-25-14-21(28)16-7-9-17(10-8-16)24-27-20-5-3-4-6-22(20)30-24/h3-10,14-15,18-19H,2,11-13H2,1H3,(H,26,29)/t18-,19+/m0/s1. The van der Waals surface area contributed by atoms with Crippen molar-refractivity contribution in [3.63, 3.8) is 0 Å². The Kier molecular flexibility index (Phi) is 4.83. The molecule has 4 aromatic rings. The first-order valence-electron chi connectivity index (χ1n) is 10.5. The number of aromatic nitrogens is 3. The van der Waals surface area contributed by atoms with Gasteiger partial charge in [-0.2, -0.15) is 0 Å². The molecule has 5 rings (SSSR count). The molecule has 1 fully saturated rings. The fraction of sp³-hybridized carbons (Fsp3) is 0.292. The zero-order valence-corrected chi connectivity index (χ0v) is 16.9. The van der Waals surface area contributed by atoms with Gasteiger partial charge in [0.2, 0.25) is 11.8 Å². The average Bonchev–Trinajstić information content (AvgIpc) is 3.52. The fourth-order valence-electron chi connectivity index (χ4n) is 4.37. The van der Waals surface area contributed by atoms with Crippen LogP contribution in [0.1, 0.15) is 32.2 Å². The van der Waals surface area contributed by atoms with Crippen molar-refractivity contribution >= 4 is 17.0 Å². The predicted molar refractivity (Wildman–Crippen MR) is 116 cm³/mol. The van der Waals surface area contributed by atoms with E-state index in [0.29, 0.717) is 18.5 Å². The summed E-state index contributed by atoms with van der Waals surface area (Å²) in [7, 11) is 0. The molecule has 0 radical (unpaired) electrons. The van der Waals surface area contributed by atoms with E-state index in [1.165, 1.54) is 0 Å². The van der Waals surface area contributed by atoms with E-state index < -0.39 is 0 Å². The summed E-state index contributed by atoms with van der Waals surface area (Å²) in [4.78, 5) is 21.2. The molecule has 0 spiro atoms. The zero-order chi connectivity index (χ0) is 20.5. The zero-order valence-electron chi connectivity index (χ0n) is 16.9. The lowest BCUT2D eigenvalue weighted by atomic mass is 10.1. The third-order valence-corrected chi connectivity index (χ3v) is 5.91. The molecule has 2 heterocycles. The predicted octanol–water partition coefficient (Wildman–Crippen LogP) is 4.84. The van der Waals surface area contributed by atoms with Gasteiger partial charge in [-0.3, -0.25) is 4.79 Å². The molecule has 30 heavy (non-hydrogen) atoms. The molecule has 0 bridgehead atoms. The Morgan fingerprint density at radius 2 is 1.93 bits per heavy atom. The van der Waals surface area contributed by atoms with Crippen LogP contribution in [0.25, 0.3) is 33.8 Å². The van der Waals surface area contributed by atoms with Gasteiger partial charge in [0.1, 0.15) is 5.52 Å². The number of rotatable bonds is 5. The van der Waals surface area contributed by atoms with Gasteiger partial charge in [-0.1, -0.05) is 24.3 Å². The fourth-order valence-corrected chi connectivity index (χ4v) is 4.37. The first kappa shape index (κ1) is 18.6. The summed E-state index contributed by atoms with van der Waals surface area (Å²) in [5.74, 6) is 0.882. The summed E-state index contributed by atoms with van der Waals surface area (Å²) < 4.78 is 8.09. The Hall–Kier alpha value is -3.41. The lowest BCUT2D eigenvalue weighted by molar-refractivity contribution is -0.124. The van der Waals surface area contributed by atoms with Crippen LogP contribution in [0, 0.1) is 5.92 Å². The van der Waals surface area contributed by atoms with E-state index in [0.717, 1.165) is 47.2 Å². The van der Waals surface area contributed by atoms with E-state index in [4.69, 9.17) is 4.42 Å². The van der Waals surface area contributed by atoms with Gasteiger partial charge in [0.05, 0.1) is 18.2 Å². The molecule has 2 aromatic carbocycles. The minimum absolute atomic E-state index is 0.0896. The second kappa shape index (κ2) is 7.78. The van der Waals surface area contributed by atoms with Crippen molar-refractivity contribution in [1.29, 1.82) is 0 Å². The Morgan fingerprint density at radius 3 is 2.73 bits per heavy atom. The van der Waals surface area contributed by atoms with E-state index in [9.17, 15) is 4.79 Å². The van der Waals surface area contributed by atoms with E-state index >= 15 is 0 Å². The summed E-state index contributed by atoms with van der Waals surface area (Å²) in [5, 5.41) is 2.95. The highest BCUT2D eigenvalue weighted by molar-refractivity contribution is 5.79. The number of carbonyl (C=O) groups is 1. The molecule has 1 amide bonds. The van der Waals surface area contributed by atoms with Crippen molar-refractivity contribution in [1.82, 2.24) is 19.9 Å². The number of oxazole rings is 1. The molecule has 1 aliphatic carbocycles. The second-order valence-electron chi connectivity index (χ2n) is 7.81. The molecule has 6 heteroatoms. The van der Waals surface area contributed by atoms with Crippen molar-refractivity contribution < 1.29 is 9.21 Å². The summed E-state index contributed by atoms with van der Waals surface area (Å²) in [6.07, 6.45) is 6.55. The number of hydrogen-bond acceptors (Lipinski definition) is 4. The van der Waals surface area contributed by atoms with Crippen molar-refractivity contribution in [3.05, 3.63) is 61.1 Å². The topological polar surface area (TPSA) is 73.0 Å². The number of fused-ring (bicyclic) bond motifs is 1. The number of nitrogens with zero attached hydrogens (tertiary/aromatic N) is 3. The van der Waals surface area contributed by atoms with Crippen LogP contribution in [0.3, 0.4) is 0 Å². The molecule has 1 saturated carbocycles. The largest absolute Gasteiger partial charge is 0.436 e. The smallest absolute Gasteiger partial charge is 0.227 e. The Morgan fingerprint density at radius 1 is 1.13 bits per heavy atom. The van der Waals surface area contributed by atoms with Crippen molar-refractivity contribution in [3.8, 4) is 22.7 Å². The maximum Gasteiger partial charge on any atom is 0.227 e. The van der Waals surface area contributed by atoms with Gasteiger partial charge in [-0.25, -0.2) is 9.97 Å². The van der Waals surface area contributed by atoms with E-state index in [1.54, 1.807) is 0 Å². The van der Waals surface area contributed by atoms with Crippen molar-refractivity contribution in [2.45, 2.75) is 32.2 Å². The van der Waals surface area contributed by atoms with Gasteiger partial charge in [-0.15, -0.1) is 0 Å². The molecule has 0 aliphatic heterocycles. The molecule has 1 N–H and O–H groups in total. The quantitative estimate of drug-likeness (QED) is 0.520. The number of amides is 1. The Balaban J connectivity index is 1.37. The summed E-state index contributed by atoms with van der Waals surface area (Å²) >= 11 is 0. The third kappa shape index (κ3) is 3.38. The normalized spacial score (nSPS) is 18.7. The third-order valence-electron chi connectivity index (χ3n) is 5.91. The monoisotopic (exact) mass is 400 g/mol. The molecule has 1 aliphatic rings. The molecule has 2 atom stereocenters. The van der Waals surface area contributed by atoms with Crippen LogP contribution in [0.5, 0.6) is 0 Å². The number of hydrogen-bond donors (Lipinski definition) is 1. The first-order chi connectivity index (χ1) is 14.7. The van der Waals surface area contributed by atoms with Gasteiger partial charge in [-0.05, 0) is 56.0 Å². The molecular weight excluding hydrogens is 376 g/mol. The second-order valence-corrected chi connectivity index (χ2v) is 7.81. The maximum atomic E-state index is 12.2. The summed E-state index contributed by atoms with van der Waals surface area (Å²) in [5.41, 5.74) is 4.75. The minimum atomic E-state index is 0.0896. The molecule has 6 nitrogen and oxygen atoms in total. The van der Waals surface area contributed by atoms with Crippen LogP contribution in [0.4, 0.5) is 0 Å². The highest BCUT2D eigenvalue weighted by Gasteiger charge is 2.31. The SMILES string of the molecule is CCNC(=O)[C@H]1CC[C@@H](n2cncc2-c2ccc(-c3nc4ccccc4o3)cc2)C1. The van der Waals surface area contributed by atoms with Crippen LogP contribution < -0.4 is 5.32 Å². The van der Waals surface area contributed by atoms with Crippen LogP contribution in [-0.4, -0.2) is 27.0 Å². The molecule has 152 valence electrons. The van der Waals surface area contributed by atoms with Crippen LogP contribution in [0.15, 0.2) is 65.5 Å². The van der Waals surface area contributed by atoms with E-state index in [1.807, 2.05) is 55.8 Å². The molecule has 2 aromatic heterocycles. The van der Waals surface area contributed by atoms with E-state index in [2.05, 4.69) is 32.0 Å². The van der Waals surface area contributed by atoms with Gasteiger partial charge in [0, 0.05) is 24.1 Å². The number of nitrogens with one attached hydrogen (secondary N) is 1. The maximum absolute atomic E-state index is 12.2. The molecule has 0 saturated heterocycles. The Labute approximate surface area is 175 Å². The van der Waals surface area contributed by atoms with Gasteiger partial charge < -0.3 is 14.3 Å². The van der Waals surface area contributed by atoms with Gasteiger partial charge in [0.25, 0.3) is 0 Å². The van der Waals surface area contributed by atoms with Crippen molar-refractivity contribution in [2.75, 3.05) is 6.54 Å². The molecule has 0 unspecified atom stereocenters. The number of para-hydroxylation sites is 2. The highest BCUT2D eigenvalue weighted by atomic mass is 16.3. The van der Waals surface area contributed by atoms with Crippen LogP contribution in [-0.2, 0) is 4.79 Å². The summed E-state index contributed by atoms with van der Waals surface area (Å²) in [6, 6.07) is 16.3. The Bertz CT molecular complexity index is 1140. The van der Waals surface area contributed by atoms with Gasteiger partial charge in [0.15, 0.2) is 5.58 Å². The lowest BCUT2D eigenvalue weighted by Crippen LogP contribution is -2.29. The first-order valence-corrected chi connectivity index (χ1v) is 10.5. The van der Waals surface area contributed by atoms with Crippen LogP contribution >= 0.6 is 0 Å². The number of carbonyl (C=O) groups excluding carboxylic acids is 1. The minimum Gasteiger partial charge on any atom is -0.436 e. The average molecular weight is 400 g/mol. The lowest BCUT2D eigenvalue weighted by Gasteiger charge is -2.16. The number of benzene rings is 2. The van der Waals surface area contributed by atoms with Crippen LogP contribution in [0.2, 0.25) is 0 Å². The molecular formula is C24H24N4O2. The summed E-state index contributed by atoms with van der Waals surface area (Å²) in [6.45, 7) is 2.64. The van der Waals surface area contributed by atoms with E-state index in [-0.39, 0.29) is 11.8 Å².